The Morgan fingerprint density at radius 1 is 1.06 bits per heavy atom. The van der Waals surface area contributed by atoms with Gasteiger partial charge in [0.2, 0.25) is 11.8 Å². The van der Waals surface area contributed by atoms with Crippen molar-refractivity contribution in [3.8, 4) is 5.75 Å². The molecule has 0 bridgehead atoms. The minimum absolute atomic E-state index is 0.0922. The van der Waals surface area contributed by atoms with E-state index in [0.717, 1.165) is 0 Å². The molecule has 34 heavy (non-hydrogen) atoms. The lowest BCUT2D eigenvalue weighted by molar-refractivity contribution is -0.151. The van der Waals surface area contributed by atoms with Gasteiger partial charge in [0.15, 0.2) is 0 Å². The lowest BCUT2D eigenvalue weighted by Gasteiger charge is -2.33. The van der Waals surface area contributed by atoms with Gasteiger partial charge in [0, 0.05) is 25.7 Å². The first-order valence-electron chi connectivity index (χ1n) is 11.9. The summed E-state index contributed by atoms with van der Waals surface area (Å²) in [5, 5.41) is 2.80. The fraction of sp³-hybridized carbons (Fsp3) is 0.600. The standard InChI is InChI=1S/C25H37N3O6/c1-6-33-20-10-8-18(9-11-20)23(30)26-22(17(3)4)24(31)27(5)16-21(29)28-14-12-19(13-15-28)25(32)34-7-2/h8-11,17,19,22H,6-7,12-16H2,1-5H3,(H,26,30). The van der Waals surface area contributed by atoms with Gasteiger partial charge in [-0.2, -0.15) is 0 Å². The molecule has 0 aliphatic carbocycles. The highest BCUT2D eigenvalue weighted by Crippen LogP contribution is 2.19. The number of ether oxygens (including phenoxy) is 2. The van der Waals surface area contributed by atoms with Crippen molar-refractivity contribution in [2.45, 2.75) is 46.6 Å². The van der Waals surface area contributed by atoms with E-state index in [1.807, 2.05) is 20.8 Å². The van der Waals surface area contributed by atoms with Crippen LogP contribution < -0.4 is 10.1 Å². The van der Waals surface area contributed by atoms with E-state index in [-0.39, 0.29) is 42.1 Å². The fourth-order valence-electron chi connectivity index (χ4n) is 3.85. The Kier molecular flexibility index (Phi) is 10.3. The number of benzene rings is 1. The van der Waals surface area contributed by atoms with Crippen molar-refractivity contribution in [2.24, 2.45) is 11.8 Å². The molecule has 1 aliphatic heterocycles. The van der Waals surface area contributed by atoms with Gasteiger partial charge < -0.3 is 24.6 Å². The molecule has 0 aromatic heterocycles. The number of carbonyl (C=O) groups excluding carboxylic acids is 4. The van der Waals surface area contributed by atoms with Crippen molar-refractivity contribution in [2.75, 3.05) is 39.9 Å². The van der Waals surface area contributed by atoms with E-state index in [9.17, 15) is 19.2 Å². The first-order valence-corrected chi connectivity index (χ1v) is 11.9. The van der Waals surface area contributed by atoms with Crippen LogP contribution in [-0.4, -0.2) is 79.4 Å². The number of likely N-dealkylation sites (N-methyl/N-ethyl adjacent to an activating group) is 1. The van der Waals surface area contributed by atoms with Crippen molar-refractivity contribution < 1.29 is 28.7 Å². The molecule has 1 saturated heterocycles. The molecule has 1 heterocycles. The van der Waals surface area contributed by atoms with Gasteiger partial charge in [-0.1, -0.05) is 13.8 Å². The summed E-state index contributed by atoms with van der Waals surface area (Å²) >= 11 is 0. The third kappa shape index (κ3) is 7.46. The summed E-state index contributed by atoms with van der Waals surface area (Å²) < 4.78 is 10.5. The van der Waals surface area contributed by atoms with E-state index >= 15 is 0 Å². The number of nitrogens with one attached hydrogen (secondary N) is 1. The molecule has 2 rings (SSSR count). The summed E-state index contributed by atoms with van der Waals surface area (Å²) in [6.07, 6.45) is 1.10. The molecule has 1 unspecified atom stereocenters. The Bertz CT molecular complexity index is 847. The second-order valence-electron chi connectivity index (χ2n) is 8.75. The van der Waals surface area contributed by atoms with Crippen molar-refractivity contribution in [3.63, 3.8) is 0 Å². The van der Waals surface area contributed by atoms with Crippen LogP contribution in [0.15, 0.2) is 24.3 Å². The zero-order chi connectivity index (χ0) is 25.3. The summed E-state index contributed by atoms with van der Waals surface area (Å²) in [5.41, 5.74) is 0.421. The van der Waals surface area contributed by atoms with Crippen LogP contribution in [0, 0.1) is 11.8 Å². The van der Waals surface area contributed by atoms with Crippen molar-refractivity contribution >= 4 is 23.7 Å². The van der Waals surface area contributed by atoms with E-state index in [2.05, 4.69) is 5.32 Å². The molecule has 0 spiro atoms. The zero-order valence-electron chi connectivity index (χ0n) is 20.8. The average Bonchev–Trinajstić information content (AvgIpc) is 2.82. The Morgan fingerprint density at radius 3 is 2.21 bits per heavy atom. The van der Waals surface area contributed by atoms with Crippen molar-refractivity contribution in [1.82, 2.24) is 15.1 Å². The predicted octanol–water partition coefficient (Wildman–Crippen LogP) is 2.10. The molecule has 1 fully saturated rings. The maximum absolute atomic E-state index is 13.1. The van der Waals surface area contributed by atoms with Crippen LogP contribution >= 0.6 is 0 Å². The number of rotatable bonds is 10. The number of nitrogens with zero attached hydrogens (tertiary/aromatic N) is 2. The van der Waals surface area contributed by atoms with Crippen LogP contribution in [-0.2, 0) is 19.1 Å². The normalized spacial score (nSPS) is 14.9. The summed E-state index contributed by atoms with van der Waals surface area (Å²) in [7, 11) is 1.56. The lowest BCUT2D eigenvalue weighted by Crippen LogP contribution is -2.53. The largest absolute Gasteiger partial charge is 0.494 e. The number of esters is 1. The highest BCUT2D eigenvalue weighted by Gasteiger charge is 2.31. The highest BCUT2D eigenvalue weighted by atomic mass is 16.5. The number of likely N-dealkylation sites (tertiary alicyclic amines) is 1. The molecule has 9 heteroatoms. The maximum atomic E-state index is 13.1. The third-order valence-electron chi connectivity index (χ3n) is 5.86. The number of piperidine rings is 1. The van der Waals surface area contributed by atoms with Crippen LogP contribution in [0.3, 0.4) is 0 Å². The predicted molar refractivity (Wildman–Crippen MR) is 127 cm³/mol. The number of amides is 3. The highest BCUT2D eigenvalue weighted by molar-refractivity contribution is 5.98. The van der Waals surface area contributed by atoms with Gasteiger partial charge in [-0.05, 0) is 56.9 Å². The SMILES string of the molecule is CCOC(=O)C1CCN(C(=O)CN(C)C(=O)C(NC(=O)c2ccc(OCC)cc2)C(C)C)CC1. The summed E-state index contributed by atoms with van der Waals surface area (Å²) in [6, 6.07) is 5.94. The van der Waals surface area contributed by atoms with Gasteiger partial charge in [0.1, 0.15) is 11.8 Å². The van der Waals surface area contributed by atoms with Crippen molar-refractivity contribution in [3.05, 3.63) is 29.8 Å². The summed E-state index contributed by atoms with van der Waals surface area (Å²) in [6.45, 7) is 9.03. The van der Waals surface area contributed by atoms with Gasteiger partial charge >= 0.3 is 5.97 Å². The first-order chi connectivity index (χ1) is 16.2. The molecule has 1 N–H and O–H groups in total. The number of carbonyl (C=O) groups is 4. The quantitative estimate of drug-likeness (QED) is 0.520. The molecule has 9 nitrogen and oxygen atoms in total. The second kappa shape index (κ2) is 13.0. The number of hydrogen-bond donors (Lipinski definition) is 1. The Morgan fingerprint density at radius 2 is 1.68 bits per heavy atom. The van der Waals surface area contributed by atoms with E-state index in [4.69, 9.17) is 9.47 Å². The molecule has 1 aromatic rings. The molecule has 1 atom stereocenters. The van der Waals surface area contributed by atoms with Crippen LogP contribution in [0.25, 0.3) is 0 Å². The molecular formula is C25H37N3O6. The van der Waals surface area contributed by atoms with Gasteiger partial charge in [-0.3, -0.25) is 19.2 Å². The first kappa shape index (κ1) is 27.1. The Balaban J connectivity index is 1.92. The second-order valence-corrected chi connectivity index (χ2v) is 8.75. The zero-order valence-corrected chi connectivity index (χ0v) is 20.8. The van der Waals surface area contributed by atoms with Crippen LogP contribution in [0.4, 0.5) is 0 Å². The van der Waals surface area contributed by atoms with E-state index in [1.165, 1.54) is 4.90 Å². The Hall–Kier alpha value is -3.10. The fourth-order valence-corrected chi connectivity index (χ4v) is 3.85. The lowest BCUT2D eigenvalue weighted by atomic mass is 9.97. The summed E-state index contributed by atoms with van der Waals surface area (Å²) in [5.74, 6) is -0.785. The Labute approximate surface area is 201 Å². The molecule has 0 radical (unpaired) electrons. The average molecular weight is 476 g/mol. The maximum Gasteiger partial charge on any atom is 0.309 e. The summed E-state index contributed by atoms with van der Waals surface area (Å²) in [4.78, 5) is 53.5. The van der Waals surface area contributed by atoms with E-state index < -0.39 is 6.04 Å². The molecule has 1 aliphatic rings. The van der Waals surface area contributed by atoms with Crippen LogP contribution in [0.1, 0.15) is 50.9 Å². The van der Waals surface area contributed by atoms with Crippen LogP contribution in [0.5, 0.6) is 5.75 Å². The van der Waals surface area contributed by atoms with Gasteiger partial charge in [0.25, 0.3) is 5.91 Å². The monoisotopic (exact) mass is 475 g/mol. The molecule has 3 amide bonds. The van der Waals surface area contributed by atoms with E-state index in [1.54, 1.807) is 43.1 Å². The van der Waals surface area contributed by atoms with E-state index in [0.29, 0.717) is 50.5 Å². The van der Waals surface area contributed by atoms with Crippen LogP contribution in [0.2, 0.25) is 0 Å². The smallest absolute Gasteiger partial charge is 0.309 e. The third-order valence-corrected chi connectivity index (χ3v) is 5.86. The topological polar surface area (TPSA) is 105 Å². The van der Waals surface area contributed by atoms with Gasteiger partial charge in [-0.25, -0.2) is 0 Å². The molecule has 0 saturated carbocycles. The van der Waals surface area contributed by atoms with Crippen molar-refractivity contribution in [1.29, 1.82) is 0 Å². The minimum Gasteiger partial charge on any atom is -0.494 e. The van der Waals surface area contributed by atoms with Gasteiger partial charge in [-0.15, -0.1) is 0 Å². The van der Waals surface area contributed by atoms with Gasteiger partial charge in [0.05, 0.1) is 25.7 Å². The minimum atomic E-state index is -0.772. The molecular weight excluding hydrogens is 438 g/mol. The number of hydrogen-bond acceptors (Lipinski definition) is 6. The molecule has 188 valence electrons. The molecule has 1 aromatic carbocycles.